The first-order chi connectivity index (χ1) is 12.1. The summed E-state index contributed by atoms with van der Waals surface area (Å²) in [7, 11) is 2.99. The molecule has 0 aliphatic heterocycles. The number of carbonyl (C=O) groups is 1. The van der Waals surface area contributed by atoms with Crippen LogP contribution in [0.3, 0.4) is 0 Å². The number of hydrogen-bond acceptors (Lipinski definition) is 6. The monoisotopic (exact) mass is 338 g/mol. The topological polar surface area (TPSA) is 70.5 Å². The van der Waals surface area contributed by atoms with Gasteiger partial charge >= 0.3 is 5.97 Å². The lowest BCUT2D eigenvalue weighted by atomic mass is 10.2. The fraction of sp³-hybridized carbons (Fsp3) is 0.211. The Morgan fingerprint density at radius 2 is 1.68 bits per heavy atom. The Morgan fingerprint density at radius 1 is 0.960 bits per heavy atom. The normalized spacial score (nSPS) is 10.5. The molecule has 1 aromatic heterocycles. The third-order valence-electron chi connectivity index (χ3n) is 3.81. The molecule has 0 amide bonds. The van der Waals surface area contributed by atoms with E-state index in [2.05, 4.69) is 9.97 Å². The van der Waals surface area contributed by atoms with Crippen LogP contribution in [0.25, 0.3) is 11.0 Å². The predicted octanol–water partition coefficient (Wildman–Crippen LogP) is 3.31. The van der Waals surface area contributed by atoms with Crippen LogP contribution in [0.2, 0.25) is 0 Å². The maximum absolute atomic E-state index is 12.4. The van der Waals surface area contributed by atoms with Crippen LogP contribution in [-0.4, -0.2) is 30.2 Å². The molecule has 0 N–H and O–H groups in total. The van der Waals surface area contributed by atoms with Crippen LogP contribution in [-0.2, 0) is 11.3 Å². The van der Waals surface area contributed by atoms with Gasteiger partial charge in [0.25, 0.3) is 0 Å². The van der Waals surface area contributed by atoms with Gasteiger partial charge in [-0.2, -0.15) is 0 Å². The van der Waals surface area contributed by atoms with Gasteiger partial charge in [0.05, 0.1) is 36.6 Å². The number of para-hydroxylation sites is 3. The van der Waals surface area contributed by atoms with E-state index in [-0.39, 0.29) is 6.61 Å². The largest absolute Gasteiger partial charge is 0.493 e. The Labute approximate surface area is 145 Å². The Balaban J connectivity index is 1.82. The molecule has 0 saturated carbocycles. The molecular weight excluding hydrogens is 320 g/mol. The highest BCUT2D eigenvalue weighted by molar-refractivity contribution is 5.93. The molecule has 6 nitrogen and oxygen atoms in total. The average Bonchev–Trinajstić information content (AvgIpc) is 2.65. The number of hydrogen-bond donors (Lipinski definition) is 0. The second-order valence-electron chi connectivity index (χ2n) is 5.36. The lowest BCUT2D eigenvalue weighted by Gasteiger charge is -2.12. The van der Waals surface area contributed by atoms with Gasteiger partial charge in [-0.15, -0.1) is 0 Å². The minimum Gasteiger partial charge on any atom is -0.493 e. The van der Waals surface area contributed by atoms with Crippen LogP contribution >= 0.6 is 0 Å². The highest BCUT2D eigenvalue weighted by atomic mass is 16.5. The zero-order valence-electron chi connectivity index (χ0n) is 14.3. The fourth-order valence-corrected chi connectivity index (χ4v) is 2.52. The summed E-state index contributed by atoms with van der Waals surface area (Å²) in [6.45, 7) is 1.87. The van der Waals surface area contributed by atoms with Crippen molar-refractivity contribution < 1.29 is 19.0 Å². The van der Waals surface area contributed by atoms with Crippen LogP contribution in [0, 0.1) is 6.92 Å². The highest BCUT2D eigenvalue weighted by Gasteiger charge is 2.18. The van der Waals surface area contributed by atoms with Gasteiger partial charge in [0.1, 0.15) is 12.2 Å². The standard InChI is InChI=1S/C19H18N2O4/c1-12-16(21-15-9-5-4-8-14(15)20-12)11-25-19(22)13-7-6-10-17(23-2)18(13)24-3/h4-10H,11H2,1-3H3. The van der Waals surface area contributed by atoms with Crippen LogP contribution in [0.1, 0.15) is 21.7 Å². The average molecular weight is 338 g/mol. The van der Waals surface area contributed by atoms with Crippen molar-refractivity contribution in [2.24, 2.45) is 0 Å². The highest BCUT2D eigenvalue weighted by Crippen LogP contribution is 2.31. The van der Waals surface area contributed by atoms with Crippen molar-refractivity contribution in [3.05, 3.63) is 59.4 Å². The van der Waals surface area contributed by atoms with Gasteiger partial charge in [0.15, 0.2) is 11.5 Å². The van der Waals surface area contributed by atoms with Crippen molar-refractivity contribution >= 4 is 17.0 Å². The van der Waals surface area contributed by atoms with Gasteiger partial charge in [-0.05, 0) is 31.2 Å². The summed E-state index contributed by atoms with van der Waals surface area (Å²) in [5.41, 5.74) is 3.22. The molecule has 1 heterocycles. The van der Waals surface area contributed by atoms with Gasteiger partial charge in [-0.1, -0.05) is 18.2 Å². The van der Waals surface area contributed by atoms with Crippen molar-refractivity contribution in [2.45, 2.75) is 13.5 Å². The molecule has 3 aromatic rings. The maximum Gasteiger partial charge on any atom is 0.342 e. The lowest BCUT2D eigenvalue weighted by molar-refractivity contribution is 0.0462. The van der Waals surface area contributed by atoms with E-state index in [1.807, 2.05) is 31.2 Å². The molecule has 128 valence electrons. The Bertz CT molecular complexity index is 924. The Morgan fingerprint density at radius 3 is 2.36 bits per heavy atom. The van der Waals surface area contributed by atoms with E-state index in [0.29, 0.717) is 22.8 Å². The number of fused-ring (bicyclic) bond motifs is 1. The molecule has 0 saturated heterocycles. The van der Waals surface area contributed by atoms with Crippen LogP contribution in [0.15, 0.2) is 42.5 Å². The van der Waals surface area contributed by atoms with Crippen LogP contribution < -0.4 is 9.47 Å². The molecule has 0 spiro atoms. The summed E-state index contributed by atoms with van der Waals surface area (Å²) in [6, 6.07) is 12.6. The summed E-state index contributed by atoms with van der Waals surface area (Å²) in [4.78, 5) is 21.4. The molecule has 2 aromatic carbocycles. The minimum atomic E-state index is -0.509. The number of methoxy groups -OCH3 is 2. The number of rotatable bonds is 5. The van der Waals surface area contributed by atoms with Crippen molar-refractivity contribution in [1.82, 2.24) is 9.97 Å². The van der Waals surface area contributed by atoms with Gasteiger partial charge in [-0.25, -0.2) is 14.8 Å². The molecule has 0 aliphatic carbocycles. The first kappa shape index (κ1) is 16.7. The van der Waals surface area contributed by atoms with Gasteiger partial charge in [-0.3, -0.25) is 0 Å². The van der Waals surface area contributed by atoms with Gasteiger partial charge in [0.2, 0.25) is 0 Å². The summed E-state index contributed by atoms with van der Waals surface area (Å²) >= 11 is 0. The van der Waals surface area contributed by atoms with Crippen molar-refractivity contribution in [1.29, 1.82) is 0 Å². The van der Waals surface area contributed by atoms with E-state index in [9.17, 15) is 4.79 Å². The maximum atomic E-state index is 12.4. The number of benzene rings is 2. The molecule has 0 atom stereocenters. The predicted molar refractivity (Wildman–Crippen MR) is 92.9 cm³/mol. The summed E-state index contributed by atoms with van der Waals surface area (Å²) in [6.07, 6.45) is 0. The number of aryl methyl sites for hydroxylation is 1. The van der Waals surface area contributed by atoms with E-state index < -0.39 is 5.97 Å². The molecule has 25 heavy (non-hydrogen) atoms. The van der Waals surface area contributed by atoms with E-state index in [1.165, 1.54) is 14.2 Å². The third-order valence-corrected chi connectivity index (χ3v) is 3.81. The molecule has 0 radical (unpaired) electrons. The number of aromatic nitrogens is 2. The number of carbonyl (C=O) groups excluding carboxylic acids is 1. The van der Waals surface area contributed by atoms with E-state index >= 15 is 0 Å². The second-order valence-corrected chi connectivity index (χ2v) is 5.36. The lowest BCUT2D eigenvalue weighted by Crippen LogP contribution is -2.10. The SMILES string of the molecule is COc1cccc(C(=O)OCc2nc3ccccc3nc2C)c1OC. The zero-order valence-corrected chi connectivity index (χ0v) is 14.3. The van der Waals surface area contributed by atoms with Gasteiger partial charge in [0, 0.05) is 0 Å². The quantitative estimate of drug-likeness (QED) is 0.665. The molecule has 3 rings (SSSR count). The van der Waals surface area contributed by atoms with Crippen LogP contribution in [0.5, 0.6) is 11.5 Å². The van der Waals surface area contributed by atoms with E-state index in [0.717, 1.165) is 16.7 Å². The zero-order chi connectivity index (χ0) is 17.8. The number of esters is 1. The Kier molecular flexibility index (Phi) is 4.79. The second kappa shape index (κ2) is 7.17. The molecule has 0 aliphatic rings. The number of ether oxygens (including phenoxy) is 3. The first-order valence-electron chi connectivity index (χ1n) is 7.74. The molecule has 0 fully saturated rings. The molecule has 0 unspecified atom stereocenters. The smallest absolute Gasteiger partial charge is 0.342 e. The fourth-order valence-electron chi connectivity index (χ4n) is 2.52. The van der Waals surface area contributed by atoms with Crippen molar-refractivity contribution in [3.8, 4) is 11.5 Å². The summed E-state index contributed by atoms with van der Waals surface area (Å²) < 4.78 is 15.9. The van der Waals surface area contributed by atoms with Gasteiger partial charge < -0.3 is 14.2 Å². The third kappa shape index (κ3) is 3.38. The Hall–Kier alpha value is -3.15. The van der Waals surface area contributed by atoms with Crippen molar-refractivity contribution in [3.63, 3.8) is 0 Å². The van der Waals surface area contributed by atoms with Crippen molar-refractivity contribution in [2.75, 3.05) is 14.2 Å². The summed E-state index contributed by atoms with van der Waals surface area (Å²) in [5, 5.41) is 0. The van der Waals surface area contributed by atoms with E-state index in [1.54, 1.807) is 18.2 Å². The minimum absolute atomic E-state index is 0.0306. The molecule has 6 heteroatoms. The first-order valence-corrected chi connectivity index (χ1v) is 7.74. The van der Waals surface area contributed by atoms with Crippen LogP contribution in [0.4, 0.5) is 0 Å². The number of nitrogens with zero attached hydrogens (tertiary/aromatic N) is 2. The van der Waals surface area contributed by atoms with E-state index in [4.69, 9.17) is 14.2 Å². The molecule has 0 bridgehead atoms. The molecular formula is C19H18N2O4. The summed E-state index contributed by atoms with van der Waals surface area (Å²) in [5.74, 6) is 0.306.